The molecule has 3 heteroatoms. The maximum absolute atomic E-state index is 9.70. The van der Waals surface area contributed by atoms with E-state index in [-0.39, 0.29) is 23.0 Å². The van der Waals surface area contributed by atoms with Crippen LogP contribution in [0, 0.1) is 5.92 Å². The first-order valence-corrected chi connectivity index (χ1v) is 6.61. The van der Waals surface area contributed by atoms with Crippen molar-refractivity contribution in [2.24, 2.45) is 5.92 Å². The highest BCUT2D eigenvalue weighted by Crippen LogP contribution is 2.30. The first kappa shape index (κ1) is 16.2. The van der Waals surface area contributed by atoms with E-state index in [4.69, 9.17) is 16.3 Å². The summed E-state index contributed by atoms with van der Waals surface area (Å²) in [6, 6.07) is 0. The number of halogens is 1. The molecule has 0 aliphatic rings. The maximum Gasteiger partial charge on any atom is 0.0702 e. The largest absolute Gasteiger partial charge is 0.392 e. The van der Waals surface area contributed by atoms with E-state index in [1.165, 1.54) is 0 Å². The predicted octanol–water partition coefficient (Wildman–Crippen LogP) is 3.60. The van der Waals surface area contributed by atoms with Gasteiger partial charge < -0.3 is 9.84 Å². The van der Waals surface area contributed by atoms with Crippen molar-refractivity contribution in [3.8, 4) is 0 Å². The number of alkyl halides is 1. The van der Waals surface area contributed by atoms with E-state index < -0.39 is 6.10 Å². The zero-order valence-corrected chi connectivity index (χ0v) is 12.3. The van der Waals surface area contributed by atoms with Crippen LogP contribution in [0.5, 0.6) is 0 Å². The van der Waals surface area contributed by atoms with E-state index >= 15 is 0 Å². The molecule has 0 saturated carbocycles. The number of aliphatic hydroxyl groups is 1. The fourth-order valence-electron chi connectivity index (χ4n) is 1.97. The molecular weight excluding hydrogens is 224 g/mol. The van der Waals surface area contributed by atoms with Gasteiger partial charge in [-0.2, -0.15) is 0 Å². The van der Waals surface area contributed by atoms with Crippen LogP contribution in [0.2, 0.25) is 0 Å². The molecule has 3 atom stereocenters. The Bertz CT molecular complexity index is 201. The smallest absolute Gasteiger partial charge is 0.0702 e. The Morgan fingerprint density at radius 3 is 2.06 bits per heavy atom. The third kappa shape index (κ3) is 6.07. The van der Waals surface area contributed by atoms with Crippen LogP contribution in [0.1, 0.15) is 54.4 Å². The number of hydrogen-bond donors (Lipinski definition) is 1. The lowest BCUT2D eigenvalue weighted by molar-refractivity contribution is -0.137. The standard InChI is InChI=1S/C13H27ClO2/c1-7-13(6,16-12(3,4)5)8-10(2)11(15)9-14/h10-11,15H,7-9H2,1-6H3/t10?,11-,13?/m0/s1. The predicted molar refractivity (Wildman–Crippen MR) is 70.0 cm³/mol. The average Bonchev–Trinajstić information content (AvgIpc) is 2.13. The minimum Gasteiger partial charge on any atom is -0.392 e. The molecule has 16 heavy (non-hydrogen) atoms. The summed E-state index contributed by atoms with van der Waals surface area (Å²) >= 11 is 5.66. The Morgan fingerprint density at radius 1 is 1.25 bits per heavy atom. The monoisotopic (exact) mass is 250 g/mol. The van der Waals surface area contributed by atoms with Crippen molar-refractivity contribution in [2.75, 3.05) is 5.88 Å². The van der Waals surface area contributed by atoms with Crippen LogP contribution in [0.3, 0.4) is 0 Å². The molecule has 2 unspecified atom stereocenters. The summed E-state index contributed by atoms with van der Waals surface area (Å²) in [4.78, 5) is 0. The first-order valence-electron chi connectivity index (χ1n) is 6.08. The van der Waals surface area contributed by atoms with Gasteiger partial charge in [0.2, 0.25) is 0 Å². The highest BCUT2D eigenvalue weighted by molar-refractivity contribution is 6.18. The summed E-state index contributed by atoms with van der Waals surface area (Å²) in [6.45, 7) is 12.4. The SMILES string of the molecule is CCC(C)(CC(C)[C@@H](O)CCl)OC(C)(C)C. The van der Waals surface area contributed by atoms with Crippen molar-refractivity contribution in [2.45, 2.75) is 71.7 Å². The second-order valence-corrected chi connectivity index (χ2v) is 6.23. The third-order valence-electron chi connectivity index (χ3n) is 2.87. The van der Waals surface area contributed by atoms with Crippen LogP contribution in [-0.4, -0.2) is 28.3 Å². The number of ether oxygens (including phenoxy) is 1. The molecule has 0 aliphatic heterocycles. The number of aliphatic hydroxyl groups excluding tert-OH is 1. The van der Waals surface area contributed by atoms with Gasteiger partial charge in [0.1, 0.15) is 0 Å². The van der Waals surface area contributed by atoms with Crippen molar-refractivity contribution in [1.29, 1.82) is 0 Å². The van der Waals surface area contributed by atoms with Crippen molar-refractivity contribution in [3.63, 3.8) is 0 Å². The number of rotatable bonds is 6. The molecule has 98 valence electrons. The van der Waals surface area contributed by atoms with Crippen molar-refractivity contribution in [1.82, 2.24) is 0 Å². The molecule has 0 aromatic rings. The van der Waals surface area contributed by atoms with Crippen LogP contribution >= 0.6 is 11.6 Å². The zero-order valence-electron chi connectivity index (χ0n) is 11.5. The highest BCUT2D eigenvalue weighted by atomic mass is 35.5. The summed E-state index contributed by atoms with van der Waals surface area (Å²) in [7, 11) is 0. The van der Waals surface area contributed by atoms with Crippen LogP contribution in [-0.2, 0) is 4.74 Å². The lowest BCUT2D eigenvalue weighted by atomic mass is 9.87. The summed E-state index contributed by atoms with van der Waals surface area (Å²) in [5.74, 6) is 0.445. The molecule has 0 amide bonds. The van der Waals surface area contributed by atoms with Crippen LogP contribution in [0.15, 0.2) is 0 Å². The lowest BCUT2D eigenvalue weighted by Gasteiger charge is -2.38. The quantitative estimate of drug-likeness (QED) is 0.730. The number of hydrogen-bond acceptors (Lipinski definition) is 2. The molecule has 0 rings (SSSR count). The van der Waals surface area contributed by atoms with Gasteiger partial charge in [0.05, 0.1) is 17.3 Å². The van der Waals surface area contributed by atoms with Gasteiger partial charge in [0.25, 0.3) is 0 Å². The van der Waals surface area contributed by atoms with E-state index in [9.17, 15) is 5.11 Å². The van der Waals surface area contributed by atoms with E-state index in [1.54, 1.807) is 0 Å². The average molecular weight is 251 g/mol. The summed E-state index contributed by atoms with van der Waals surface area (Å²) in [6.07, 6.45) is 1.31. The molecular formula is C13H27ClO2. The molecule has 0 fully saturated rings. The van der Waals surface area contributed by atoms with Crippen LogP contribution in [0.4, 0.5) is 0 Å². The maximum atomic E-state index is 9.70. The fourth-order valence-corrected chi connectivity index (χ4v) is 2.27. The molecule has 0 radical (unpaired) electrons. The fraction of sp³-hybridized carbons (Fsp3) is 1.00. The van der Waals surface area contributed by atoms with Gasteiger partial charge in [0, 0.05) is 5.88 Å². The van der Waals surface area contributed by atoms with Gasteiger partial charge in [-0.05, 0) is 46.5 Å². The summed E-state index contributed by atoms with van der Waals surface area (Å²) in [5, 5.41) is 9.70. The van der Waals surface area contributed by atoms with Crippen molar-refractivity contribution < 1.29 is 9.84 Å². The second kappa shape index (κ2) is 6.23. The Morgan fingerprint density at radius 2 is 1.75 bits per heavy atom. The van der Waals surface area contributed by atoms with E-state index in [1.807, 2.05) is 6.92 Å². The van der Waals surface area contributed by atoms with E-state index in [2.05, 4.69) is 34.6 Å². The second-order valence-electron chi connectivity index (χ2n) is 5.92. The minimum atomic E-state index is -0.448. The van der Waals surface area contributed by atoms with Crippen molar-refractivity contribution >= 4 is 11.6 Å². The first-order chi connectivity index (χ1) is 7.13. The Balaban J connectivity index is 4.48. The van der Waals surface area contributed by atoms with Crippen LogP contribution < -0.4 is 0 Å². The molecule has 1 N–H and O–H groups in total. The van der Waals surface area contributed by atoms with Gasteiger partial charge in [-0.25, -0.2) is 0 Å². The van der Waals surface area contributed by atoms with E-state index in [0.717, 1.165) is 12.8 Å². The van der Waals surface area contributed by atoms with Gasteiger partial charge >= 0.3 is 0 Å². The van der Waals surface area contributed by atoms with Gasteiger partial charge in [-0.15, -0.1) is 11.6 Å². The van der Waals surface area contributed by atoms with Gasteiger partial charge in [-0.3, -0.25) is 0 Å². The topological polar surface area (TPSA) is 29.5 Å². The third-order valence-corrected chi connectivity index (χ3v) is 3.19. The van der Waals surface area contributed by atoms with Crippen molar-refractivity contribution in [3.05, 3.63) is 0 Å². The zero-order chi connectivity index (χ0) is 13.0. The summed E-state index contributed by atoms with van der Waals surface area (Å²) < 4.78 is 6.09. The molecule has 0 aromatic carbocycles. The van der Waals surface area contributed by atoms with E-state index in [0.29, 0.717) is 0 Å². The minimum absolute atomic E-state index is 0.156. The van der Waals surface area contributed by atoms with Crippen LogP contribution in [0.25, 0.3) is 0 Å². The highest BCUT2D eigenvalue weighted by Gasteiger charge is 2.32. The normalized spacial score (nSPS) is 20.2. The molecule has 0 aromatic heterocycles. The molecule has 0 spiro atoms. The summed E-state index contributed by atoms with van der Waals surface area (Å²) in [5.41, 5.74) is -0.346. The molecule has 0 bridgehead atoms. The Hall–Kier alpha value is 0.210. The van der Waals surface area contributed by atoms with Gasteiger partial charge in [-0.1, -0.05) is 13.8 Å². The molecule has 2 nitrogen and oxygen atoms in total. The molecule has 0 aliphatic carbocycles. The lowest BCUT2D eigenvalue weighted by Crippen LogP contribution is -2.40. The Labute approximate surface area is 105 Å². The van der Waals surface area contributed by atoms with Gasteiger partial charge in [0.15, 0.2) is 0 Å². The molecule has 0 heterocycles. The Kier molecular flexibility index (Phi) is 6.31. The molecule has 0 saturated heterocycles.